The third kappa shape index (κ3) is 4.34. The van der Waals surface area contributed by atoms with Gasteiger partial charge in [-0.05, 0) is 71.1 Å². The average Bonchev–Trinajstić information content (AvgIpc) is 2.53. The molecule has 0 aliphatic rings. The summed E-state index contributed by atoms with van der Waals surface area (Å²) in [6.45, 7) is -0.429. The van der Waals surface area contributed by atoms with Gasteiger partial charge in [0, 0.05) is 8.59 Å². The molecule has 6 nitrogen and oxygen atoms in total. The van der Waals surface area contributed by atoms with E-state index in [1.807, 2.05) is 5.43 Å². The molecule has 1 amide bonds. The number of hydrogen-bond acceptors (Lipinski definition) is 4. The zero-order chi connectivity index (χ0) is 17.0. The Morgan fingerprint density at radius 1 is 1.13 bits per heavy atom. The van der Waals surface area contributed by atoms with E-state index < -0.39 is 22.5 Å². The van der Waals surface area contributed by atoms with Crippen LogP contribution in [0.1, 0.15) is 0 Å². The number of nitrogens with one attached hydrogen (secondary N) is 1. The van der Waals surface area contributed by atoms with Crippen molar-refractivity contribution in [2.75, 3.05) is 10.8 Å². The molecule has 0 fully saturated rings. The van der Waals surface area contributed by atoms with Crippen LogP contribution < -0.4 is 15.6 Å². The highest BCUT2D eigenvalue weighted by Gasteiger charge is 2.26. The van der Waals surface area contributed by atoms with Crippen molar-refractivity contribution in [1.29, 1.82) is 0 Å². The Morgan fingerprint density at radius 3 is 2.22 bits per heavy atom. The van der Waals surface area contributed by atoms with Crippen molar-refractivity contribution in [2.24, 2.45) is 5.84 Å². The van der Waals surface area contributed by atoms with Crippen LogP contribution >= 0.6 is 34.2 Å². The van der Waals surface area contributed by atoms with Crippen molar-refractivity contribution in [2.45, 2.75) is 4.90 Å². The van der Waals surface area contributed by atoms with Crippen molar-refractivity contribution < 1.29 is 13.2 Å². The second kappa shape index (κ2) is 7.47. The van der Waals surface area contributed by atoms with Gasteiger partial charge in [0.2, 0.25) is 0 Å². The number of hydrazine groups is 1. The number of hydrogen-bond donors (Lipinski definition) is 2. The Labute approximate surface area is 152 Å². The van der Waals surface area contributed by atoms with Gasteiger partial charge >= 0.3 is 0 Å². The van der Waals surface area contributed by atoms with Crippen LogP contribution in [0, 0.1) is 3.57 Å². The Hall–Kier alpha value is -1.36. The zero-order valence-corrected chi connectivity index (χ0v) is 15.5. The molecule has 122 valence electrons. The first-order valence-electron chi connectivity index (χ1n) is 6.38. The highest BCUT2D eigenvalue weighted by Crippen LogP contribution is 2.25. The topological polar surface area (TPSA) is 92.5 Å². The van der Waals surface area contributed by atoms with Crippen LogP contribution in [0.15, 0.2) is 53.4 Å². The van der Waals surface area contributed by atoms with E-state index in [0.717, 1.165) is 7.88 Å². The fraction of sp³-hybridized carbons (Fsp3) is 0.0714. The number of rotatable bonds is 5. The highest BCUT2D eigenvalue weighted by molar-refractivity contribution is 14.1. The van der Waals surface area contributed by atoms with Crippen LogP contribution in [-0.4, -0.2) is 20.9 Å². The maximum absolute atomic E-state index is 12.8. The van der Waals surface area contributed by atoms with Gasteiger partial charge in [-0.1, -0.05) is 11.6 Å². The number of sulfonamides is 1. The number of nitrogens with two attached hydrogens (primary N) is 1. The lowest BCUT2D eigenvalue weighted by Crippen LogP contribution is -2.43. The second-order valence-electron chi connectivity index (χ2n) is 4.51. The van der Waals surface area contributed by atoms with Crippen molar-refractivity contribution in [1.82, 2.24) is 5.43 Å². The summed E-state index contributed by atoms with van der Waals surface area (Å²) >= 11 is 7.90. The van der Waals surface area contributed by atoms with E-state index >= 15 is 0 Å². The highest BCUT2D eigenvalue weighted by atomic mass is 127. The lowest BCUT2D eigenvalue weighted by molar-refractivity contribution is -0.119. The maximum Gasteiger partial charge on any atom is 0.264 e. The number of anilines is 1. The number of carbonyl (C=O) groups is 1. The van der Waals surface area contributed by atoms with Crippen molar-refractivity contribution in [3.63, 3.8) is 0 Å². The molecule has 0 saturated carbocycles. The molecule has 0 radical (unpaired) electrons. The normalized spacial score (nSPS) is 11.1. The summed E-state index contributed by atoms with van der Waals surface area (Å²) in [6, 6.07) is 12.5. The molecular weight excluding hydrogens is 453 g/mol. The lowest BCUT2D eigenvalue weighted by Gasteiger charge is -2.23. The van der Waals surface area contributed by atoms with Gasteiger partial charge in [0.1, 0.15) is 6.54 Å². The van der Waals surface area contributed by atoms with Gasteiger partial charge in [-0.2, -0.15) is 0 Å². The zero-order valence-electron chi connectivity index (χ0n) is 11.7. The lowest BCUT2D eigenvalue weighted by atomic mass is 10.3. The molecule has 0 saturated heterocycles. The molecule has 0 aromatic heterocycles. The molecule has 0 bridgehead atoms. The predicted molar refractivity (Wildman–Crippen MR) is 97.5 cm³/mol. The Morgan fingerprint density at radius 2 is 1.70 bits per heavy atom. The van der Waals surface area contributed by atoms with Crippen LogP contribution in [0.4, 0.5) is 5.69 Å². The van der Waals surface area contributed by atoms with Gasteiger partial charge < -0.3 is 0 Å². The van der Waals surface area contributed by atoms with Crippen molar-refractivity contribution >= 4 is 55.8 Å². The Bertz CT molecular complexity index is 795. The van der Waals surface area contributed by atoms with Crippen LogP contribution in [0.2, 0.25) is 5.02 Å². The molecule has 0 aliphatic carbocycles. The third-order valence-electron chi connectivity index (χ3n) is 2.96. The molecule has 0 aliphatic heterocycles. The molecule has 2 rings (SSSR count). The molecular formula is C14H13ClIN3O3S. The number of amides is 1. The molecule has 0 atom stereocenters. The van der Waals surface area contributed by atoms with Crippen LogP contribution in [0.5, 0.6) is 0 Å². The fourth-order valence-electron chi connectivity index (χ4n) is 1.83. The predicted octanol–water partition coefficient (Wildman–Crippen LogP) is 2.13. The van der Waals surface area contributed by atoms with E-state index in [2.05, 4.69) is 22.6 Å². The quantitative estimate of drug-likeness (QED) is 0.306. The smallest absolute Gasteiger partial charge is 0.264 e. The summed E-state index contributed by atoms with van der Waals surface area (Å²) in [5, 5.41) is 0.421. The first-order chi connectivity index (χ1) is 10.8. The Kier molecular flexibility index (Phi) is 5.84. The van der Waals surface area contributed by atoms with E-state index in [1.54, 1.807) is 24.3 Å². The summed E-state index contributed by atoms with van der Waals surface area (Å²) in [7, 11) is -3.93. The van der Waals surface area contributed by atoms with E-state index in [1.165, 1.54) is 24.3 Å². The molecule has 3 N–H and O–H groups in total. The van der Waals surface area contributed by atoms with Gasteiger partial charge in [0.05, 0.1) is 10.6 Å². The van der Waals surface area contributed by atoms with Gasteiger partial charge in [0.15, 0.2) is 0 Å². The Balaban J connectivity index is 2.49. The largest absolute Gasteiger partial charge is 0.293 e. The van der Waals surface area contributed by atoms with Gasteiger partial charge in [-0.15, -0.1) is 0 Å². The molecule has 0 unspecified atom stereocenters. The minimum atomic E-state index is -3.93. The minimum Gasteiger partial charge on any atom is -0.293 e. The SMILES string of the molecule is NNC(=O)CN(c1ccc(I)cc1)S(=O)(=O)c1ccc(Cl)cc1. The molecule has 23 heavy (non-hydrogen) atoms. The van der Waals surface area contributed by atoms with E-state index in [0.29, 0.717) is 10.7 Å². The summed E-state index contributed by atoms with van der Waals surface area (Å²) < 4.78 is 27.6. The molecule has 2 aromatic rings. The van der Waals surface area contributed by atoms with Crippen molar-refractivity contribution in [3.05, 3.63) is 57.1 Å². The maximum atomic E-state index is 12.8. The molecule has 0 heterocycles. The van der Waals surface area contributed by atoms with Crippen LogP contribution in [-0.2, 0) is 14.8 Å². The molecule has 9 heteroatoms. The second-order valence-corrected chi connectivity index (χ2v) is 8.05. The summed E-state index contributed by atoms with van der Waals surface area (Å²) in [4.78, 5) is 11.7. The number of benzene rings is 2. The standard InChI is InChI=1S/C14H13ClIN3O3S/c15-10-1-7-13(8-2-10)23(21,22)19(9-14(20)18-17)12-5-3-11(16)4-6-12/h1-8H,9,17H2,(H,18,20). The van der Waals surface area contributed by atoms with E-state index in [9.17, 15) is 13.2 Å². The first-order valence-corrected chi connectivity index (χ1v) is 9.27. The van der Waals surface area contributed by atoms with Crippen LogP contribution in [0.25, 0.3) is 0 Å². The summed E-state index contributed by atoms with van der Waals surface area (Å²) in [6.07, 6.45) is 0. The summed E-state index contributed by atoms with van der Waals surface area (Å²) in [5.74, 6) is 4.46. The molecule has 0 spiro atoms. The monoisotopic (exact) mass is 465 g/mol. The molecule has 2 aromatic carbocycles. The van der Waals surface area contributed by atoms with Gasteiger partial charge in [0.25, 0.3) is 15.9 Å². The number of nitrogens with zero attached hydrogens (tertiary/aromatic N) is 1. The first kappa shape index (κ1) is 18.0. The summed E-state index contributed by atoms with van der Waals surface area (Å²) in [5.41, 5.74) is 2.31. The van der Waals surface area contributed by atoms with E-state index in [-0.39, 0.29) is 4.90 Å². The van der Waals surface area contributed by atoms with Crippen molar-refractivity contribution in [3.8, 4) is 0 Å². The third-order valence-corrected chi connectivity index (χ3v) is 5.72. The van der Waals surface area contributed by atoms with E-state index in [4.69, 9.17) is 17.4 Å². The number of halogens is 2. The van der Waals surface area contributed by atoms with Gasteiger partial charge in [-0.3, -0.25) is 14.5 Å². The average molecular weight is 466 g/mol. The fourth-order valence-corrected chi connectivity index (χ4v) is 3.74. The minimum absolute atomic E-state index is 0.0327. The van der Waals surface area contributed by atoms with Crippen LogP contribution in [0.3, 0.4) is 0 Å². The number of carbonyl (C=O) groups excluding carboxylic acids is 1. The van der Waals surface area contributed by atoms with Gasteiger partial charge in [-0.25, -0.2) is 14.3 Å².